The summed E-state index contributed by atoms with van der Waals surface area (Å²) in [6.07, 6.45) is -3.54. The Morgan fingerprint density at radius 1 is 1.27 bits per heavy atom. The molecule has 11 heteroatoms. The van der Waals surface area contributed by atoms with Gasteiger partial charge in [0.25, 0.3) is 0 Å². The molecule has 3 N–H and O–H groups in total. The maximum absolute atomic E-state index is 13.1. The predicted octanol–water partition coefficient (Wildman–Crippen LogP) is 1.81. The van der Waals surface area contributed by atoms with E-state index in [2.05, 4.69) is 20.2 Å². The molecular formula is C15H19F3N8. The Bertz CT molecular complexity index is 806. The van der Waals surface area contributed by atoms with Crippen LogP contribution in [0.4, 0.5) is 30.8 Å². The van der Waals surface area contributed by atoms with Gasteiger partial charge in [-0.3, -0.25) is 5.10 Å². The third-order valence-electron chi connectivity index (χ3n) is 3.69. The Hall–Kier alpha value is -3.03. The first-order valence-corrected chi connectivity index (χ1v) is 7.71. The summed E-state index contributed by atoms with van der Waals surface area (Å²) < 4.78 is 39.2. The summed E-state index contributed by atoms with van der Waals surface area (Å²) in [6, 6.07) is 2.88. The van der Waals surface area contributed by atoms with E-state index in [-0.39, 0.29) is 23.1 Å². The number of anilines is 3. The van der Waals surface area contributed by atoms with Crippen LogP contribution in [0, 0.1) is 11.3 Å². The first-order valence-electron chi connectivity index (χ1n) is 7.71. The highest BCUT2D eigenvalue weighted by atomic mass is 19.4. The van der Waals surface area contributed by atoms with Crippen molar-refractivity contribution in [2.24, 2.45) is 0 Å². The van der Waals surface area contributed by atoms with Gasteiger partial charge in [-0.2, -0.15) is 28.5 Å². The molecule has 0 unspecified atom stereocenters. The quantitative estimate of drug-likeness (QED) is 0.800. The molecule has 26 heavy (non-hydrogen) atoms. The SMILES string of the molecule is CN(C)c1cc(C(F)(F)F)nc(N(C)CCCc2[nH]nc(N)c2C#N)n1. The van der Waals surface area contributed by atoms with Gasteiger partial charge in [0.05, 0.1) is 5.69 Å². The topological polar surface area (TPSA) is 111 Å². The fourth-order valence-electron chi connectivity index (χ4n) is 2.26. The van der Waals surface area contributed by atoms with Crippen molar-refractivity contribution < 1.29 is 13.2 Å². The number of H-pyrrole nitrogens is 1. The van der Waals surface area contributed by atoms with E-state index >= 15 is 0 Å². The van der Waals surface area contributed by atoms with Crippen LogP contribution in [0.1, 0.15) is 23.4 Å². The van der Waals surface area contributed by atoms with Gasteiger partial charge in [0.1, 0.15) is 17.5 Å². The van der Waals surface area contributed by atoms with Crippen LogP contribution in [0.3, 0.4) is 0 Å². The van der Waals surface area contributed by atoms with Crippen molar-refractivity contribution in [1.82, 2.24) is 20.2 Å². The van der Waals surface area contributed by atoms with Gasteiger partial charge in [0, 0.05) is 33.8 Å². The lowest BCUT2D eigenvalue weighted by molar-refractivity contribution is -0.141. The summed E-state index contributed by atoms with van der Waals surface area (Å²) in [5.74, 6) is 0.281. The minimum Gasteiger partial charge on any atom is -0.381 e. The predicted molar refractivity (Wildman–Crippen MR) is 90.7 cm³/mol. The van der Waals surface area contributed by atoms with Crippen molar-refractivity contribution in [3.8, 4) is 6.07 Å². The molecule has 0 aliphatic heterocycles. The number of nitrogens with two attached hydrogens (primary N) is 1. The van der Waals surface area contributed by atoms with Gasteiger partial charge in [-0.05, 0) is 12.8 Å². The molecule has 0 atom stereocenters. The van der Waals surface area contributed by atoms with E-state index in [1.54, 1.807) is 21.1 Å². The molecule has 0 saturated carbocycles. The molecule has 2 aromatic rings. The van der Waals surface area contributed by atoms with Crippen LogP contribution in [0.25, 0.3) is 0 Å². The van der Waals surface area contributed by atoms with Crippen molar-refractivity contribution in [1.29, 1.82) is 5.26 Å². The Morgan fingerprint density at radius 2 is 1.96 bits per heavy atom. The largest absolute Gasteiger partial charge is 0.433 e. The lowest BCUT2D eigenvalue weighted by Crippen LogP contribution is -2.25. The zero-order chi connectivity index (χ0) is 19.5. The van der Waals surface area contributed by atoms with Gasteiger partial charge in [0.2, 0.25) is 5.95 Å². The molecule has 0 amide bonds. The maximum Gasteiger partial charge on any atom is 0.433 e. The molecule has 2 rings (SSSR count). The summed E-state index contributed by atoms with van der Waals surface area (Å²) in [5, 5.41) is 15.5. The molecule has 0 radical (unpaired) electrons. The van der Waals surface area contributed by atoms with Gasteiger partial charge in [-0.15, -0.1) is 0 Å². The standard InChI is InChI=1S/C15H19F3N8/c1-25(2)12-7-11(15(16,17)18)21-14(22-12)26(3)6-4-5-10-9(8-19)13(20)24-23-10/h7H,4-6H2,1-3H3,(H3,20,23,24). The van der Waals surface area contributed by atoms with Gasteiger partial charge in [-0.1, -0.05) is 0 Å². The fraction of sp³-hybridized carbons (Fsp3) is 0.467. The Morgan fingerprint density at radius 3 is 2.54 bits per heavy atom. The Kier molecular flexibility index (Phi) is 5.54. The van der Waals surface area contributed by atoms with Crippen LogP contribution in [-0.2, 0) is 12.6 Å². The second-order valence-corrected chi connectivity index (χ2v) is 5.90. The number of nitrogens with one attached hydrogen (secondary N) is 1. The molecule has 0 spiro atoms. The highest BCUT2D eigenvalue weighted by Gasteiger charge is 2.34. The molecule has 2 heterocycles. The Balaban J connectivity index is 2.12. The summed E-state index contributed by atoms with van der Waals surface area (Å²) >= 11 is 0. The number of nitriles is 1. The first kappa shape index (κ1) is 19.3. The number of aryl methyl sites for hydroxylation is 1. The van der Waals surface area contributed by atoms with Gasteiger partial charge in [0.15, 0.2) is 11.5 Å². The molecular weight excluding hydrogens is 349 g/mol. The van der Waals surface area contributed by atoms with E-state index in [0.29, 0.717) is 25.1 Å². The number of nitrogens with zero attached hydrogens (tertiary/aromatic N) is 6. The summed E-state index contributed by atoms with van der Waals surface area (Å²) in [6.45, 7) is 0.387. The average Bonchev–Trinajstić information content (AvgIpc) is 2.93. The van der Waals surface area contributed by atoms with Crippen LogP contribution >= 0.6 is 0 Å². The second kappa shape index (κ2) is 7.47. The number of aromatic amines is 1. The lowest BCUT2D eigenvalue weighted by Gasteiger charge is -2.21. The van der Waals surface area contributed by atoms with Crippen molar-refractivity contribution in [2.45, 2.75) is 19.0 Å². The van der Waals surface area contributed by atoms with E-state index in [4.69, 9.17) is 11.0 Å². The van der Waals surface area contributed by atoms with E-state index < -0.39 is 11.9 Å². The second-order valence-electron chi connectivity index (χ2n) is 5.90. The number of hydrogen-bond acceptors (Lipinski definition) is 7. The number of nitrogen functional groups attached to an aromatic ring is 1. The number of alkyl halides is 3. The maximum atomic E-state index is 13.1. The van der Waals surface area contributed by atoms with E-state index in [9.17, 15) is 13.2 Å². The van der Waals surface area contributed by atoms with Crippen LogP contribution in [0.2, 0.25) is 0 Å². The van der Waals surface area contributed by atoms with Crippen LogP contribution < -0.4 is 15.5 Å². The molecule has 0 saturated heterocycles. The van der Waals surface area contributed by atoms with Crippen LogP contribution in [0.5, 0.6) is 0 Å². The minimum atomic E-state index is -4.56. The molecule has 0 bridgehead atoms. The number of halogens is 3. The Labute approximate surface area is 148 Å². The third kappa shape index (κ3) is 4.33. The molecule has 0 aliphatic carbocycles. The fourth-order valence-corrected chi connectivity index (χ4v) is 2.26. The normalized spacial score (nSPS) is 11.3. The van der Waals surface area contributed by atoms with Crippen molar-refractivity contribution in [3.05, 3.63) is 23.0 Å². The van der Waals surface area contributed by atoms with Gasteiger partial charge < -0.3 is 15.5 Å². The van der Waals surface area contributed by atoms with Crippen molar-refractivity contribution in [2.75, 3.05) is 43.2 Å². The third-order valence-corrected chi connectivity index (χ3v) is 3.69. The molecule has 140 valence electrons. The lowest BCUT2D eigenvalue weighted by atomic mass is 10.1. The zero-order valence-corrected chi connectivity index (χ0v) is 14.6. The minimum absolute atomic E-state index is 0.0202. The molecule has 2 aromatic heterocycles. The van der Waals surface area contributed by atoms with Crippen molar-refractivity contribution >= 4 is 17.6 Å². The molecule has 0 fully saturated rings. The van der Waals surface area contributed by atoms with Gasteiger partial charge in [-0.25, -0.2) is 4.98 Å². The number of rotatable bonds is 6. The van der Waals surface area contributed by atoms with E-state index in [1.807, 2.05) is 6.07 Å². The summed E-state index contributed by atoms with van der Waals surface area (Å²) in [7, 11) is 4.83. The summed E-state index contributed by atoms with van der Waals surface area (Å²) in [4.78, 5) is 10.8. The number of hydrogen-bond donors (Lipinski definition) is 2. The monoisotopic (exact) mass is 368 g/mol. The van der Waals surface area contributed by atoms with E-state index in [0.717, 1.165) is 6.07 Å². The van der Waals surface area contributed by atoms with Crippen molar-refractivity contribution in [3.63, 3.8) is 0 Å². The molecule has 0 aromatic carbocycles. The first-order chi connectivity index (χ1) is 12.1. The van der Waals surface area contributed by atoms with Gasteiger partial charge >= 0.3 is 6.18 Å². The van der Waals surface area contributed by atoms with E-state index in [1.165, 1.54) is 9.80 Å². The molecule has 0 aliphatic rings. The number of aromatic nitrogens is 4. The summed E-state index contributed by atoms with van der Waals surface area (Å²) in [5.41, 5.74) is 5.46. The average molecular weight is 368 g/mol. The van der Waals surface area contributed by atoms with Crippen LogP contribution in [0.15, 0.2) is 6.07 Å². The molecule has 8 nitrogen and oxygen atoms in total. The smallest absolute Gasteiger partial charge is 0.381 e. The zero-order valence-electron chi connectivity index (χ0n) is 14.6. The highest BCUT2D eigenvalue weighted by molar-refractivity contribution is 5.51. The highest BCUT2D eigenvalue weighted by Crippen LogP contribution is 2.30. The van der Waals surface area contributed by atoms with Crippen LogP contribution in [-0.4, -0.2) is 47.9 Å².